The lowest BCUT2D eigenvalue weighted by atomic mass is 10.1. The van der Waals surface area contributed by atoms with Gasteiger partial charge in [-0.3, -0.25) is 0 Å². The first kappa shape index (κ1) is 13.2. The average molecular weight is 248 g/mol. The molecule has 0 radical (unpaired) electrons. The molecule has 1 aromatic rings. The van der Waals surface area contributed by atoms with Crippen LogP contribution in [0.25, 0.3) is 0 Å². The number of nitrogens with zero attached hydrogens (tertiary/aromatic N) is 1. The summed E-state index contributed by atoms with van der Waals surface area (Å²) < 4.78 is 5.67. The number of rotatable bonds is 4. The quantitative estimate of drug-likeness (QED) is 0.886. The molecular weight excluding hydrogens is 224 g/mol. The van der Waals surface area contributed by atoms with Gasteiger partial charge in [0.25, 0.3) is 0 Å². The van der Waals surface area contributed by atoms with E-state index >= 15 is 0 Å². The molecule has 1 atom stereocenters. The monoisotopic (exact) mass is 248 g/mol. The molecule has 1 aliphatic rings. The summed E-state index contributed by atoms with van der Waals surface area (Å²) in [4.78, 5) is 2.45. The molecule has 1 heterocycles. The van der Waals surface area contributed by atoms with Crippen molar-refractivity contribution in [2.24, 2.45) is 0 Å². The van der Waals surface area contributed by atoms with E-state index in [9.17, 15) is 0 Å². The van der Waals surface area contributed by atoms with Crippen LogP contribution in [-0.2, 0) is 0 Å². The fraction of sp³-hybridized carbons (Fsp3) is 0.600. The molecule has 1 N–H and O–H groups in total. The molecule has 3 heteroatoms. The van der Waals surface area contributed by atoms with E-state index in [2.05, 4.69) is 55.3 Å². The molecular formula is C15H24N2O. The van der Waals surface area contributed by atoms with E-state index in [1.54, 1.807) is 0 Å². The Morgan fingerprint density at radius 3 is 2.67 bits per heavy atom. The summed E-state index contributed by atoms with van der Waals surface area (Å²) in [6.07, 6.45) is 1.42. The van der Waals surface area contributed by atoms with Gasteiger partial charge in [0, 0.05) is 31.4 Å². The Bertz CT molecular complexity index is 361. The lowest BCUT2D eigenvalue weighted by Crippen LogP contribution is -2.50. The van der Waals surface area contributed by atoms with Gasteiger partial charge in [0.1, 0.15) is 5.75 Å². The number of ether oxygens (including phenoxy) is 1. The molecule has 0 aromatic heterocycles. The number of anilines is 1. The molecule has 0 spiro atoms. The van der Waals surface area contributed by atoms with Crippen LogP contribution in [0.15, 0.2) is 24.3 Å². The SMILES string of the molecule is CCC1CN(c2ccc(OC(C)C)cc2)CCN1. The van der Waals surface area contributed by atoms with E-state index in [1.807, 2.05) is 0 Å². The zero-order valence-electron chi connectivity index (χ0n) is 11.6. The third kappa shape index (κ3) is 3.39. The van der Waals surface area contributed by atoms with E-state index < -0.39 is 0 Å². The largest absolute Gasteiger partial charge is 0.491 e. The lowest BCUT2D eigenvalue weighted by Gasteiger charge is -2.35. The number of hydrogen-bond donors (Lipinski definition) is 1. The molecule has 18 heavy (non-hydrogen) atoms. The first-order chi connectivity index (χ1) is 8.69. The highest BCUT2D eigenvalue weighted by molar-refractivity contribution is 5.49. The average Bonchev–Trinajstić information content (AvgIpc) is 2.39. The van der Waals surface area contributed by atoms with Gasteiger partial charge in [-0.2, -0.15) is 0 Å². The van der Waals surface area contributed by atoms with Crippen molar-refractivity contribution in [1.82, 2.24) is 5.32 Å². The van der Waals surface area contributed by atoms with Gasteiger partial charge in [-0.1, -0.05) is 6.92 Å². The Labute approximate surface area is 110 Å². The van der Waals surface area contributed by atoms with Crippen LogP contribution >= 0.6 is 0 Å². The minimum Gasteiger partial charge on any atom is -0.491 e. The van der Waals surface area contributed by atoms with Gasteiger partial charge < -0.3 is 15.0 Å². The standard InChI is InChI=1S/C15H24N2O/c1-4-13-11-17(10-9-16-13)14-5-7-15(8-6-14)18-12(2)3/h5-8,12-13,16H,4,9-11H2,1-3H3. The van der Waals surface area contributed by atoms with Gasteiger partial charge in [-0.15, -0.1) is 0 Å². The number of piperazine rings is 1. The fourth-order valence-electron chi connectivity index (χ4n) is 2.34. The summed E-state index contributed by atoms with van der Waals surface area (Å²) in [5, 5.41) is 3.54. The minimum atomic E-state index is 0.236. The molecule has 1 fully saturated rings. The van der Waals surface area contributed by atoms with Crippen molar-refractivity contribution >= 4 is 5.69 Å². The van der Waals surface area contributed by atoms with Crippen LogP contribution in [0.2, 0.25) is 0 Å². The maximum absolute atomic E-state index is 5.67. The van der Waals surface area contributed by atoms with E-state index in [4.69, 9.17) is 4.74 Å². The van der Waals surface area contributed by atoms with E-state index in [0.29, 0.717) is 6.04 Å². The van der Waals surface area contributed by atoms with Crippen molar-refractivity contribution in [2.45, 2.75) is 39.3 Å². The van der Waals surface area contributed by atoms with E-state index in [-0.39, 0.29) is 6.10 Å². The second-order valence-electron chi connectivity index (χ2n) is 5.17. The van der Waals surface area contributed by atoms with Gasteiger partial charge in [-0.25, -0.2) is 0 Å². The Balaban J connectivity index is 2.00. The summed E-state index contributed by atoms with van der Waals surface area (Å²) in [7, 11) is 0. The van der Waals surface area contributed by atoms with Crippen LogP contribution in [-0.4, -0.2) is 31.8 Å². The van der Waals surface area contributed by atoms with Crippen molar-refractivity contribution in [3.8, 4) is 5.75 Å². The van der Waals surface area contributed by atoms with E-state index in [1.165, 1.54) is 12.1 Å². The van der Waals surface area contributed by atoms with Crippen LogP contribution in [0.5, 0.6) is 5.75 Å². The Morgan fingerprint density at radius 1 is 1.33 bits per heavy atom. The van der Waals surface area contributed by atoms with Crippen LogP contribution in [0.1, 0.15) is 27.2 Å². The molecule has 100 valence electrons. The summed E-state index contributed by atoms with van der Waals surface area (Å²) in [5.41, 5.74) is 1.30. The van der Waals surface area contributed by atoms with Crippen molar-refractivity contribution in [2.75, 3.05) is 24.5 Å². The highest BCUT2D eigenvalue weighted by atomic mass is 16.5. The smallest absolute Gasteiger partial charge is 0.119 e. The predicted molar refractivity (Wildman–Crippen MR) is 76.5 cm³/mol. The normalized spacial score (nSPS) is 20.2. The summed E-state index contributed by atoms with van der Waals surface area (Å²) >= 11 is 0. The number of hydrogen-bond acceptors (Lipinski definition) is 3. The molecule has 0 aliphatic carbocycles. The lowest BCUT2D eigenvalue weighted by molar-refractivity contribution is 0.242. The third-order valence-electron chi connectivity index (χ3n) is 3.32. The Kier molecular flexibility index (Phi) is 4.48. The zero-order valence-corrected chi connectivity index (χ0v) is 11.6. The first-order valence-electron chi connectivity index (χ1n) is 6.94. The Hall–Kier alpha value is -1.22. The number of nitrogens with one attached hydrogen (secondary N) is 1. The molecule has 1 aromatic carbocycles. The minimum absolute atomic E-state index is 0.236. The summed E-state index contributed by atoms with van der Waals surface area (Å²) in [6.45, 7) is 9.59. The zero-order chi connectivity index (χ0) is 13.0. The summed E-state index contributed by atoms with van der Waals surface area (Å²) in [5.74, 6) is 0.955. The first-order valence-corrected chi connectivity index (χ1v) is 6.94. The van der Waals surface area contributed by atoms with Crippen LogP contribution < -0.4 is 15.0 Å². The highest BCUT2D eigenvalue weighted by Gasteiger charge is 2.17. The van der Waals surface area contributed by atoms with Crippen molar-refractivity contribution < 1.29 is 4.74 Å². The van der Waals surface area contributed by atoms with Crippen molar-refractivity contribution in [3.05, 3.63) is 24.3 Å². The maximum Gasteiger partial charge on any atom is 0.119 e. The molecule has 1 aliphatic heterocycles. The Morgan fingerprint density at radius 2 is 2.06 bits per heavy atom. The molecule has 2 rings (SSSR count). The highest BCUT2D eigenvalue weighted by Crippen LogP contribution is 2.21. The van der Waals surface area contributed by atoms with E-state index in [0.717, 1.165) is 25.4 Å². The van der Waals surface area contributed by atoms with Gasteiger partial charge >= 0.3 is 0 Å². The molecule has 0 amide bonds. The maximum atomic E-state index is 5.67. The van der Waals surface area contributed by atoms with Gasteiger partial charge in [0.05, 0.1) is 6.10 Å². The predicted octanol–water partition coefficient (Wildman–Crippen LogP) is 2.66. The molecule has 0 bridgehead atoms. The van der Waals surface area contributed by atoms with Gasteiger partial charge in [0.15, 0.2) is 0 Å². The van der Waals surface area contributed by atoms with Crippen molar-refractivity contribution in [3.63, 3.8) is 0 Å². The fourth-order valence-corrected chi connectivity index (χ4v) is 2.34. The summed E-state index contributed by atoms with van der Waals surface area (Å²) in [6, 6.07) is 9.08. The molecule has 1 unspecified atom stereocenters. The van der Waals surface area contributed by atoms with Crippen LogP contribution in [0.4, 0.5) is 5.69 Å². The second-order valence-corrected chi connectivity index (χ2v) is 5.17. The van der Waals surface area contributed by atoms with Crippen LogP contribution in [0.3, 0.4) is 0 Å². The number of benzene rings is 1. The topological polar surface area (TPSA) is 24.5 Å². The van der Waals surface area contributed by atoms with Crippen molar-refractivity contribution in [1.29, 1.82) is 0 Å². The van der Waals surface area contributed by atoms with Gasteiger partial charge in [-0.05, 0) is 44.5 Å². The van der Waals surface area contributed by atoms with Crippen LogP contribution in [0, 0.1) is 0 Å². The second kappa shape index (κ2) is 6.10. The third-order valence-corrected chi connectivity index (χ3v) is 3.32. The molecule has 3 nitrogen and oxygen atoms in total. The molecule has 0 saturated carbocycles. The van der Waals surface area contributed by atoms with Gasteiger partial charge in [0.2, 0.25) is 0 Å². The molecule has 1 saturated heterocycles.